The number of benzene rings is 2. The molecule has 0 unspecified atom stereocenters. The number of methoxy groups -OCH3 is 1. The highest BCUT2D eigenvalue weighted by Crippen LogP contribution is 2.28. The van der Waals surface area contributed by atoms with Gasteiger partial charge in [-0.3, -0.25) is 4.79 Å². The lowest BCUT2D eigenvalue weighted by atomic mass is 10.0. The molecule has 21 heavy (non-hydrogen) atoms. The van der Waals surface area contributed by atoms with Crippen molar-refractivity contribution in [3.63, 3.8) is 0 Å². The highest BCUT2D eigenvalue weighted by molar-refractivity contribution is 6.35. The molecule has 0 fully saturated rings. The summed E-state index contributed by atoms with van der Waals surface area (Å²) in [6.45, 7) is 1.71. The number of ether oxygens (including phenoxy) is 1. The van der Waals surface area contributed by atoms with Gasteiger partial charge in [0.25, 0.3) is 0 Å². The second-order valence-electron chi connectivity index (χ2n) is 4.31. The van der Waals surface area contributed by atoms with E-state index in [0.717, 1.165) is 0 Å². The Morgan fingerprint density at radius 1 is 1.10 bits per heavy atom. The monoisotopic (exact) mass is 321 g/mol. The Morgan fingerprint density at radius 3 is 2.48 bits per heavy atom. The SMILES string of the molecule is COC(C)=Nc1ccc(Cl)cc1C(=O)c1ccccc1Cl. The Bertz CT molecular complexity index is 711. The van der Waals surface area contributed by atoms with Crippen molar-refractivity contribution in [3.05, 3.63) is 63.6 Å². The van der Waals surface area contributed by atoms with Crippen molar-refractivity contribution >= 4 is 40.6 Å². The molecule has 0 N–H and O–H groups in total. The number of carbonyl (C=O) groups is 1. The molecule has 108 valence electrons. The number of ketones is 1. The largest absolute Gasteiger partial charge is 0.484 e. The molecule has 0 saturated carbocycles. The van der Waals surface area contributed by atoms with E-state index in [9.17, 15) is 4.79 Å². The first-order valence-corrected chi connectivity index (χ1v) is 6.96. The Hall–Kier alpha value is -1.84. The zero-order valence-corrected chi connectivity index (χ0v) is 13.1. The molecule has 0 aliphatic heterocycles. The van der Waals surface area contributed by atoms with Gasteiger partial charge in [-0.2, -0.15) is 0 Å². The summed E-state index contributed by atoms with van der Waals surface area (Å²) in [5, 5.41) is 0.847. The summed E-state index contributed by atoms with van der Waals surface area (Å²) >= 11 is 12.1. The van der Waals surface area contributed by atoms with E-state index in [0.29, 0.717) is 32.8 Å². The van der Waals surface area contributed by atoms with Crippen LogP contribution < -0.4 is 0 Å². The maximum absolute atomic E-state index is 12.7. The first-order chi connectivity index (χ1) is 10.0. The Labute approximate surface area is 133 Å². The third-order valence-electron chi connectivity index (χ3n) is 2.90. The van der Waals surface area contributed by atoms with E-state index in [-0.39, 0.29) is 5.78 Å². The van der Waals surface area contributed by atoms with Crippen LogP contribution in [-0.2, 0) is 4.74 Å². The number of rotatable bonds is 3. The molecule has 0 bridgehead atoms. The van der Waals surface area contributed by atoms with Gasteiger partial charge in [0.2, 0.25) is 0 Å². The lowest BCUT2D eigenvalue weighted by Crippen LogP contribution is -2.03. The Kier molecular flexibility index (Phi) is 4.99. The van der Waals surface area contributed by atoms with E-state index in [4.69, 9.17) is 27.9 Å². The molecular weight excluding hydrogens is 309 g/mol. The summed E-state index contributed by atoms with van der Waals surface area (Å²) in [6, 6.07) is 11.8. The van der Waals surface area contributed by atoms with Gasteiger partial charge >= 0.3 is 0 Å². The number of hydrogen-bond donors (Lipinski definition) is 0. The van der Waals surface area contributed by atoms with Gasteiger partial charge in [0.15, 0.2) is 11.7 Å². The van der Waals surface area contributed by atoms with Crippen molar-refractivity contribution < 1.29 is 9.53 Å². The fourth-order valence-corrected chi connectivity index (χ4v) is 2.19. The quantitative estimate of drug-likeness (QED) is 0.457. The van der Waals surface area contributed by atoms with Crippen LogP contribution in [0.5, 0.6) is 0 Å². The summed E-state index contributed by atoms with van der Waals surface area (Å²) < 4.78 is 5.03. The second kappa shape index (κ2) is 6.74. The molecular formula is C16H13Cl2NO2. The number of nitrogens with zero attached hydrogens (tertiary/aromatic N) is 1. The maximum Gasteiger partial charge on any atom is 0.196 e. The van der Waals surface area contributed by atoms with Crippen LogP contribution in [0.4, 0.5) is 5.69 Å². The van der Waals surface area contributed by atoms with Gasteiger partial charge in [0, 0.05) is 23.1 Å². The van der Waals surface area contributed by atoms with Crippen molar-refractivity contribution in [2.75, 3.05) is 7.11 Å². The molecule has 0 heterocycles. The average molecular weight is 322 g/mol. The van der Waals surface area contributed by atoms with E-state index in [1.165, 1.54) is 7.11 Å². The molecule has 0 aliphatic rings. The van der Waals surface area contributed by atoms with Gasteiger partial charge in [-0.1, -0.05) is 35.3 Å². The highest BCUT2D eigenvalue weighted by atomic mass is 35.5. The second-order valence-corrected chi connectivity index (χ2v) is 5.15. The highest BCUT2D eigenvalue weighted by Gasteiger charge is 2.17. The molecule has 2 aromatic carbocycles. The molecule has 0 spiro atoms. The van der Waals surface area contributed by atoms with E-state index in [1.807, 2.05) is 0 Å². The molecule has 2 rings (SSSR count). The summed E-state index contributed by atoms with van der Waals surface area (Å²) in [5.74, 6) is 0.219. The van der Waals surface area contributed by atoms with Crippen molar-refractivity contribution in [2.24, 2.45) is 4.99 Å². The van der Waals surface area contributed by atoms with Crippen LogP contribution in [-0.4, -0.2) is 18.8 Å². The van der Waals surface area contributed by atoms with E-state index >= 15 is 0 Å². The summed E-state index contributed by atoms with van der Waals surface area (Å²) in [4.78, 5) is 16.9. The summed E-state index contributed by atoms with van der Waals surface area (Å²) in [5.41, 5.74) is 1.28. The number of halogens is 2. The van der Waals surface area contributed by atoms with Crippen molar-refractivity contribution in [3.8, 4) is 0 Å². The molecule has 0 atom stereocenters. The smallest absolute Gasteiger partial charge is 0.196 e. The third-order valence-corrected chi connectivity index (χ3v) is 3.46. The molecule has 0 amide bonds. The fraction of sp³-hybridized carbons (Fsp3) is 0.125. The summed E-state index contributed by atoms with van der Waals surface area (Å²) in [6.07, 6.45) is 0. The van der Waals surface area contributed by atoms with Crippen LogP contribution in [0.3, 0.4) is 0 Å². The van der Waals surface area contributed by atoms with E-state index < -0.39 is 0 Å². The zero-order chi connectivity index (χ0) is 15.4. The Balaban J connectivity index is 2.55. The lowest BCUT2D eigenvalue weighted by Gasteiger charge is -2.08. The predicted octanol–water partition coefficient (Wildman–Crippen LogP) is 4.92. The predicted molar refractivity (Wildman–Crippen MR) is 86.1 cm³/mol. The Morgan fingerprint density at radius 2 is 1.81 bits per heavy atom. The van der Waals surface area contributed by atoms with Crippen LogP contribution in [0.2, 0.25) is 10.0 Å². The number of carbonyl (C=O) groups excluding carboxylic acids is 1. The van der Waals surface area contributed by atoms with Crippen molar-refractivity contribution in [2.45, 2.75) is 6.92 Å². The van der Waals surface area contributed by atoms with Crippen LogP contribution in [0.25, 0.3) is 0 Å². The van der Waals surface area contributed by atoms with Gasteiger partial charge in [-0.05, 0) is 30.3 Å². The van der Waals surface area contributed by atoms with Crippen molar-refractivity contribution in [1.82, 2.24) is 0 Å². The summed E-state index contributed by atoms with van der Waals surface area (Å²) in [7, 11) is 1.52. The van der Waals surface area contributed by atoms with Crippen LogP contribution >= 0.6 is 23.2 Å². The standard InChI is InChI=1S/C16H13Cl2NO2/c1-10(21-2)19-15-8-7-11(17)9-13(15)16(20)12-5-3-4-6-14(12)18/h3-9H,1-2H3. The van der Waals surface area contributed by atoms with Gasteiger partial charge in [0.1, 0.15) is 0 Å². The molecule has 0 saturated heterocycles. The van der Waals surface area contributed by atoms with Gasteiger partial charge in [-0.15, -0.1) is 0 Å². The number of hydrogen-bond acceptors (Lipinski definition) is 3. The molecule has 0 radical (unpaired) electrons. The van der Waals surface area contributed by atoms with Crippen molar-refractivity contribution in [1.29, 1.82) is 0 Å². The molecule has 5 heteroatoms. The third kappa shape index (κ3) is 3.63. The zero-order valence-electron chi connectivity index (χ0n) is 11.6. The fourth-order valence-electron chi connectivity index (χ4n) is 1.79. The molecule has 0 aromatic heterocycles. The average Bonchev–Trinajstić information content (AvgIpc) is 2.48. The maximum atomic E-state index is 12.7. The van der Waals surface area contributed by atoms with E-state index in [1.54, 1.807) is 49.4 Å². The first-order valence-electron chi connectivity index (χ1n) is 6.21. The van der Waals surface area contributed by atoms with Crippen LogP contribution in [0.15, 0.2) is 47.5 Å². The molecule has 2 aromatic rings. The van der Waals surface area contributed by atoms with E-state index in [2.05, 4.69) is 4.99 Å². The van der Waals surface area contributed by atoms with Crippen LogP contribution in [0.1, 0.15) is 22.8 Å². The minimum absolute atomic E-state index is 0.231. The molecule has 3 nitrogen and oxygen atoms in total. The topological polar surface area (TPSA) is 38.7 Å². The van der Waals surface area contributed by atoms with Gasteiger partial charge in [0.05, 0.1) is 17.8 Å². The van der Waals surface area contributed by atoms with Gasteiger partial charge < -0.3 is 4.74 Å². The van der Waals surface area contributed by atoms with Gasteiger partial charge in [-0.25, -0.2) is 4.99 Å². The van der Waals surface area contributed by atoms with Crippen LogP contribution in [0, 0.1) is 0 Å². The molecule has 0 aliphatic carbocycles. The normalized spacial score (nSPS) is 11.3. The number of aliphatic imine (C=N–C) groups is 1. The lowest BCUT2D eigenvalue weighted by molar-refractivity contribution is 0.103. The minimum Gasteiger partial charge on any atom is -0.484 e. The minimum atomic E-state index is -0.231. The first kappa shape index (κ1) is 15.5.